The first-order valence-electron chi connectivity index (χ1n) is 9.94. The van der Waals surface area contributed by atoms with Gasteiger partial charge < -0.3 is 5.32 Å². The van der Waals surface area contributed by atoms with Crippen LogP contribution in [0.2, 0.25) is 5.02 Å². The van der Waals surface area contributed by atoms with E-state index in [9.17, 15) is 9.59 Å². The molecular formula is C24H18Cl2N4O2S. The molecule has 4 rings (SSSR count). The smallest absolute Gasteiger partial charge is 0.265 e. The number of amides is 1. The number of hydrogen-bond acceptors (Lipinski definition) is 5. The Morgan fingerprint density at radius 3 is 2.30 bits per heavy atom. The zero-order chi connectivity index (χ0) is 23.2. The third-order valence-corrected chi connectivity index (χ3v) is 6.26. The normalized spacial score (nSPS) is 10.7. The minimum absolute atomic E-state index is 0.0496. The Morgan fingerprint density at radius 2 is 1.61 bits per heavy atom. The average Bonchev–Trinajstić information content (AvgIpc) is 3.27. The first-order chi connectivity index (χ1) is 16.1. The van der Waals surface area contributed by atoms with Crippen molar-refractivity contribution in [2.75, 3.05) is 11.1 Å². The molecule has 0 radical (unpaired) electrons. The summed E-state index contributed by atoms with van der Waals surface area (Å²) in [6.07, 6.45) is 0. The van der Waals surface area contributed by atoms with E-state index in [0.717, 1.165) is 17.3 Å². The molecule has 1 amide bonds. The molecule has 0 bridgehead atoms. The number of carbonyl (C=O) groups is 2. The highest BCUT2D eigenvalue weighted by atomic mass is 35.5. The van der Waals surface area contributed by atoms with Crippen molar-refractivity contribution in [2.24, 2.45) is 0 Å². The molecule has 6 nitrogen and oxygen atoms in total. The summed E-state index contributed by atoms with van der Waals surface area (Å²) < 4.78 is 1.39. The van der Waals surface area contributed by atoms with E-state index in [-0.39, 0.29) is 17.6 Å². The maximum atomic E-state index is 13.5. The molecule has 0 unspecified atom stereocenters. The van der Waals surface area contributed by atoms with Crippen LogP contribution in [0.1, 0.15) is 15.9 Å². The Bertz CT molecular complexity index is 1280. The fourth-order valence-electron chi connectivity index (χ4n) is 3.08. The molecule has 1 heterocycles. The molecule has 0 aliphatic heterocycles. The van der Waals surface area contributed by atoms with Crippen LogP contribution in [0.15, 0.2) is 84.0 Å². The minimum atomic E-state index is -0.331. The Kier molecular flexibility index (Phi) is 7.44. The number of nitrogens with zero attached hydrogens (tertiary/aromatic N) is 3. The monoisotopic (exact) mass is 496 g/mol. The van der Waals surface area contributed by atoms with Crippen molar-refractivity contribution >= 4 is 52.5 Å². The van der Waals surface area contributed by atoms with E-state index in [4.69, 9.17) is 23.2 Å². The topological polar surface area (TPSA) is 76.9 Å². The van der Waals surface area contributed by atoms with Gasteiger partial charge in [-0.25, -0.2) is 4.57 Å². The first-order valence-corrected chi connectivity index (χ1v) is 11.8. The number of carbonyl (C=O) groups excluding carboxylic acids is 2. The number of thioether (sulfide) groups is 1. The number of anilines is 1. The molecule has 0 saturated carbocycles. The second-order valence-electron chi connectivity index (χ2n) is 6.96. The molecule has 0 aliphatic rings. The van der Waals surface area contributed by atoms with E-state index < -0.39 is 0 Å². The Labute approximate surface area is 204 Å². The van der Waals surface area contributed by atoms with Crippen LogP contribution in [0.5, 0.6) is 0 Å². The lowest BCUT2D eigenvalue weighted by Crippen LogP contribution is -2.17. The van der Waals surface area contributed by atoms with E-state index in [2.05, 4.69) is 15.5 Å². The van der Waals surface area contributed by atoms with Crippen molar-refractivity contribution in [3.8, 4) is 11.4 Å². The summed E-state index contributed by atoms with van der Waals surface area (Å²) in [4.78, 5) is 25.9. The van der Waals surface area contributed by atoms with Crippen LogP contribution in [0.4, 0.5) is 5.69 Å². The number of hydrogen-bond donors (Lipinski definition) is 1. The van der Waals surface area contributed by atoms with Crippen molar-refractivity contribution < 1.29 is 9.59 Å². The van der Waals surface area contributed by atoms with Gasteiger partial charge >= 0.3 is 0 Å². The molecule has 0 fully saturated rings. The Morgan fingerprint density at radius 1 is 0.909 bits per heavy atom. The second-order valence-corrected chi connectivity index (χ2v) is 8.58. The number of nitrogens with one attached hydrogen (secondary N) is 1. The van der Waals surface area contributed by atoms with E-state index in [1.807, 2.05) is 18.2 Å². The van der Waals surface area contributed by atoms with Gasteiger partial charge in [0.15, 0.2) is 11.0 Å². The highest BCUT2D eigenvalue weighted by Gasteiger charge is 2.23. The molecule has 4 aromatic rings. The lowest BCUT2D eigenvalue weighted by molar-refractivity contribution is -0.113. The van der Waals surface area contributed by atoms with Crippen LogP contribution >= 0.6 is 35.0 Å². The summed E-state index contributed by atoms with van der Waals surface area (Å²) in [6.45, 7) is 0. The van der Waals surface area contributed by atoms with Gasteiger partial charge in [-0.05, 0) is 42.0 Å². The van der Waals surface area contributed by atoms with Crippen molar-refractivity contribution in [1.29, 1.82) is 0 Å². The summed E-state index contributed by atoms with van der Waals surface area (Å²) in [5, 5.41) is 12.0. The van der Waals surface area contributed by atoms with Crippen molar-refractivity contribution in [2.45, 2.75) is 11.0 Å². The molecule has 166 valence electrons. The third-order valence-electron chi connectivity index (χ3n) is 4.70. The van der Waals surface area contributed by atoms with Crippen molar-refractivity contribution in [3.63, 3.8) is 0 Å². The van der Waals surface area contributed by atoms with E-state index in [1.165, 1.54) is 4.57 Å². The van der Waals surface area contributed by atoms with Crippen LogP contribution in [0.25, 0.3) is 11.4 Å². The van der Waals surface area contributed by atoms with Gasteiger partial charge in [-0.1, -0.05) is 65.8 Å². The number of alkyl halides is 1. The molecule has 1 N–H and O–H groups in total. The van der Waals surface area contributed by atoms with Gasteiger partial charge in [-0.3, -0.25) is 9.59 Å². The molecule has 0 spiro atoms. The predicted octanol–water partition coefficient (Wildman–Crippen LogP) is 5.76. The third kappa shape index (κ3) is 5.45. The van der Waals surface area contributed by atoms with Gasteiger partial charge in [0.25, 0.3) is 5.91 Å². The van der Waals surface area contributed by atoms with Crippen LogP contribution < -0.4 is 5.32 Å². The summed E-state index contributed by atoms with van der Waals surface area (Å²) >= 11 is 13.4. The van der Waals surface area contributed by atoms with Crippen LogP contribution in [-0.4, -0.2) is 32.3 Å². The highest BCUT2D eigenvalue weighted by Crippen LogP contribution is 2.30. The lowest BCUT2D eigenvalue weighted by atomic mass is 10.1. The standard InChI is InChI=1S/C24H18Cl2N4O2S/c25-14-16-10-12-17(13-11-16)23(32)30-22(19-8-4-5-9-20(19)26)28-29-24(30)33-15-21(31)27-18-6-2-1-3-7-18/h1-13H,14-15H2,(H,27,31). The number of benzene rings is 3. The fraction of sp³-hybridized carbons (Fsp3) is 0.0833. The second kappa shape index (κ2) is 10.7. The molecule has 1 aromatic heterocycles. The molecular weight excluding hydrogens is 479 g/mol. The summed E-state index contributed by atoms with van der Waals surface area (Å²) in [7, 11) is 0. The van der Waals surface area contributed by atoms with Crippen molar-refractivity contribution in [1.82, 2.24) is 14.8 Å². The zero-order valence-corrected chi connectivity index (χ0v) is 19.6. The fourth-order valence-corrected chi connectivity index (χ4v) is 4.21. The maximum Gasteiger partial charge on any atom is 0.265 e. The van der Waals surface area contributed by atoms with Gasteiger partial charge in [0.05, 0.1) is 10.8 Å². The number of para-hydroxylation sites is 1. The minimum Gasteiger partial charge on any atom is -0.325 e. The maximum absolute atomic E-state index is 13.5. The average molecular weight is 497 g/mol. The molecule has 9 heteroatoms. The summed E-state index contributed by atoms with van der Waals surface area (Å²) in [5.41, 5.74) is 2.60. The lowest BCUT2D eigenvalue weighted by Gasteiger charge is -2.10. The molecule has 3 aromatic carbocycles. The van der Waals surface area contributed by atoms with Crippen LogP contribution in [0.3, 0.4) is 0 Å². The van der Waals surface area contributed by atoms with Gasteiger partial charge in [0, 0.05) is 22.7 Å². The van der Waals surface area contributed by atoms with Gasteiger partial charge in [0.1, 0.15) is 0 Å². The van der Waals surface area contributed by atoms with Crippen LogP contribution in [0, 0.1) is 0 Å². The predicted molar refractivity (Wildman–Crippen MR) is 132 cm³/mol. The van der Waals surface area contributed by atoms with E-state index in [0.29, 0.717) is 38.7 Å². The molecule has 0 atom stereocenters. The first kappa shape index (κ1) is 23.0. The van der Waals surface area contributed by atoms with Gasteiger partial charge in [0.2, 0.25) is 5.91 Å². The highest BCUT2D eigenvalue weighted by molar-refractivity contribution is 7.99. The van der Waals surface area contributed by atoms with Gasteiger partial charge in [-0.15, -0.1) is 21.8 Å². The van der Waals surface area contributed by atoms with Crippen molar-refractivity contribution in [3.05, 3.63) is 95.0 Å². The number of rotatable bonds is 7. The number of halogens is 2. The van der Waals surface area contributed by atoms with Crippen LogP contribution in [-0.2, 0) is 10.7 Å². The summed E-state index contributed by atoms with van der Waals surface area (Å²) in [5.74, 6) is 0.149. The van der Waals surface area contributed by atoms with E-state index >= 15 is 0 Å². The van der Waals surface area contributed by atoms with Gasteiger partial charge in [-0.2, -0.15) is 0 Å². The quantitative estimate of drug-likeness (QED) is 0.260. The SMILES string of the molecule is O=C(CSc1nnc(-c2ccccc2Cl)n1C(=O)c1ccc(CCl)cc1)Nc1ccccc1. The Hall–Kier alpha value is -3.13. The molecule has 0 aliphatic carbocycles. The molecule has 33 heavy (non-hydrogen) atoms. The number of aromatic nitrogens is 3. The Balaban J connectivity index is 1.64. The largest absolute Gasteiger partial charge is 0.325 e. The zero-order valence-electron chi connectivity index (χ0n) is 17.2. The van der Waals surface area contributed by atoms with E-state index in [1.54, 1.807) is 60.7 Å². The molecule has 0 saturated heterocycles. The summed E-state index contributed by atoms with van der Waals surface area (Å²) in [6, 6.07) is 23.2.